The molecule has 4 nitrogen and oxygen atoms in total. The fourth-order valence-corrected chi connectivity index (χ4v) is 3.04. The molecule has 0 aromatic carbocycles. The highest BCUT2D eigenvalue weighted by Gasteiger charge is 2.23. The average Bonchev–Trinajstić information content (AvgIpc) is 2.39. The summed E-state index contributed by atoms with van der Waals surface area (Å²) in [5, 5.41) is 0. The quantitative estimate of drug-likeness (QED) is 0.784. The fourth-order valence-electron chi connectivity index (χ4n) is 2.36. The molecule has 0 N–H and O–H groups in total. The van der Waals surface area contributed by atoms with E-state index in [4.69, 9.17) is 0 Å². The second-order valence-corrected chi connectivity index (χ2v) is 5.63. The Morgan fingerprint density at radius 1 is 1.47 bits per heavy atom. The molecule has 1 aromatic rings. The molecule has 0 saturated carbocycles. The third-order valence-corrected chi connectivity index (χ3v) is 4.30. The van der Waals surface area contributed by atoms with E-state index in [-0.39, 0.29) is 0 Å². The van der Waals surface area contributed by atoms with Crippen LogP contribution in [0.5, 0.6) is 0 Å². The monoisotopic (exact) mass is 346 g/mol. The van der Waals surface area contributed by atoms with Crippen molar-refractivity contribution < 1.29 is 0 Å². The molecule has 0 aliphatic carbocycles. The van der Waals surface area contributed by atoms with Gasteiger partial charge in [-0.25, -0.2) is 9.97 Å². The number of hydrogen-bond donors (Lipinski definition) is 0. The first-order valence-electron chi connectivity index (χ1n) is 6.13. The first-order valence-corrected chi connectivity index (χ1v) is 7.21. The number of aromatic nitrogens is 2. The van der Waals surface area contributed by atoms with Gasteiger partial charge >= 0.3 is 0 Å². The smallest absolute Gasteiger partial charge is 0.145 e. The van der Waals surface area contributed by atoms with Crippen LogP contribution in [-0.4, -0.2) is 47.6 Å². The molecule has 0 bridgehead atoms. The number of nitrogens with zero attached hydrogens (tertiary/aromatic N) is 4. The van der Waals surface area contributed by atoms with Gasteiger partial charge in [-0.1, -0.05) is 6.92 Å². The summed E-state index contributed by atoms with van der Waals surface area (Å²) >= 11 is 2.31. The Morgan fingerprint density at radius 2 is 2.18 bits per heavy atom. The molecular formula is C12H19IN4. The van der Waals surface area contributed by atoms with Gasteiger partial charge in [-0.3, -0.25) is 0 Å². The van der Waals surface area contributed by atoms with Gasteiger partial charge in [0.25, 0.3) is 0 Å². The molecular weight excluding hydrogens is 327 g/mol. The number of piperidine rings is 1. The van der Waals surface area contributed by atoms with Crippen molar-refractivity contribution >= 4 is 28.4 Å². The largest absolute Gasteiger partial charge is 0.356 e. The molecule has 1 aliphatic heterocycles. The second-order valence-electron chi connectivity index (χ2n) is 4.47. The average molecular weight is 346 g/mol. The molecule has 5 heteroatoms. The van der Waals surface area contributed by atoms with E-state index >= 15 is 0 Å². The normalized spacial score (nSPS) is 18.3. The van der Waals surface area contributed by atoms with Crippen LogP contribution >= 0.6 is 22.6 Å². The van der Waals surface area contributed by atoms with Gasteiger partial charge < -0.3 is 9.80 Å². The van der Waals surface area contributed by atoms with E-state index in [0.717, 1.165) is 9.39 Å². The summed E-state index contributed by atoms with van der Waals surface area (Å²) in [5.74, 6) is 1.07. The van der Waals surface area contributed by atoms with Crippen LogP contribution in [0.4, 0.5) is 5.82 Å². The standard InChI is InChI=1S/C12H19IN4/c1-3-17-6-4-10(5-7-17)16(2)12-11(13)8-14-9-15-12/h8-10H,3-7H2,1-2H3. The van der Waals surface area contributed by atoms with Crippen LogP contribution in [0.3, 0.4) is 0 Å². The molecule has 0 radical (unpaired) electrons. The van der Waals surface area contributed by atoms with Crippen molar-refractivity contribution in [1.29, 1.82) is 0 Å². The molecule has 0 amide bonds. The van der Waals surface area contributed by atoms with Crippen molar-refractivity contribution in [3.8, 4) is 0 Å². The lowest BCUT2D eigenvalue weighted by molar-refractivity contribution is 0.220. The minimum Gasteiger partial charge on any atom is -0.356 e. The Bertz CT molecular complexity index is 363. The van der Waals surface area contributed by atoms with Gasteiger partial charge in [0, 0.05) is 32.4 Å². The number of halogens is 1. The predicted molar refractivity (Wildman–Crippen MR) is 78.3 cm³/mol. The van der Waals surface area contributed by atoms with E-state index < -0.39 is 0 Å². The maximum Gasteiger partial charge on any atom is 0.145 e. The van der Waals surface area contributed by atoms with E-state index in [1.165, 1.54) is 32.5 Å². The number of anilines is 1. The Labute approximate surface area is 117 Å². The first-order chi connectivity index (χ1) is 8.22. The van der Waals surface area contributed by atoms with E-state index in [9.17, 15) is 0 Å². The Morgan fingerprint density at radius 3 is 2.76 bits per heavy atom. The van der Waals surface area contributed by atoms with Crippen LogP contribution in [0, 0.1) is 3.57 Å². The maximum absolute atomic E-state index is 4.39. The van der Waals surface area contributed by atoms with E-state index in [2.05, 4.69) is 56.3 Å². The molecule has 1 aliphatic rings. The molecule has 0 unspecified atom stereocenters. The van der Waals surface area contributed by atoms with Gasteiger partial charge in [0.2, 0.25) is 0 Å². The number of hydrogen-bond acceptors (Lipinski definition) is 4. The van der Waals surface area contributed by atoms with Crippen LogP contribution in [0.15, 0.2) is 12.5 Å². The van der Waals surface area contributed by atoms with Gasteiger partial charge in [0.05, 0.1) is 3.57 Å². The summed E-state index contributed by atoms with van der Waals surface area (Å²) in [5.41, 5.74) is 0. The van der Waals surface area contributed by atoms with E-state index in [1.807, 2.05) is 6.20 Å². The lowest BCUT2D eigenvalue weighted by atomic mass is 10.0. The molecule has 2 rings (SSSR count). The first kappa shape index (κ1) is 13.0. The fraction of sp³-hybridized carbons (Fsp3) is 0.667. The summed E-state index contributed by atoms with van der Waals surface area (Å²) in [6.07, 6.45) is 5.96. The predicted octanol–water partition coefficient (Wildman–Crippen LogP) is 2.00. The van der Waals surface area contributed by atoms with Gasteiger partial charge in [-0.15, -0.1) is 0 Å². The molecule has 1 aromatic heterocycles. The van der Waals surface area contributed by atoms with Crippen molar-refractivity contribution in [3.05, 3.63) is 16.1 Å². The van der Waals surface area contributed by atoms with E-state index in [1.54, 1.807) is 6.33 Å². The lowest BCUT2D eigenvalue weighted by Gasteiger charge is -2.37. The summed E-state index contributed by atoms with van der Waals surface area (Å²) in [6.45, 7) is 5.80. The number of likely N-dealkylation sites (tertiary alicyclic amines) is 1. The van der Waals surface area contributed by atoms with Gasteiger partial charge in [-0.2, -0.15) is 0 Å². The van der Waals surface area contributed by atoms with Crippen LogP contribution in [0.2, 0.25) is 0 Å². The minimum atomic E-state index is 0.612. The topological polar surface area (TPSA) is 32.3 Å². The second kappa shape index (κ2) is 5.95. The van der Waals surface area contributed by atoms with Gasteiger partial charge in [0.1, 0.15) is 12.1 Å². The molecule has 0 spiro atoms. The van der Waals surface area contributed by atoms with Crippen molar-refractivity contribution in [1.82, 2.24) is 14.9 Å². The van der Waals surface area contributed by atoms with Crippen molar-refractivity contribution in [3.63, 3.8) is 0 Å². The van der Waals surface area contributed by atoms with Gasteiger partial charge in [-0.05, 0) is 42.0 Å². The summed E-state index contributed by atoms with van der Waals surface area (Å²) < 4.78 is 1.13. The highest BCUT2D eigenvalue weighted by atomic mass is 127. The Hall–Kier alpha value is -0.430. The van der Waals surface area contributed by atoms with Crippen LogP contribution in [0.25, 0.3) is 0 Å². The van der Waals surface area contributed by atoms with Crippen molar-refractivity contribution in [2.75, 3.05) is 31.6 Å². The van der Waals surface area contributed by atoms with Crippen molar-refractivity contribution in [2.45, 2.75) is 25.8 Å². The van der Waals surface area contributed by atoms with Crippen LogP contribution in [0.1, 0.15) is 19.8 Å². The summed E-state index contributed by atoms with van der Waals surface area (Å²) in [6, 6.07) is 0.612. The highest BCUT2D eigenvalue weighted by Crippen LogP contribution is 2.23. The molecule has 17 heavy (non-hydrogen) atoms. The van der Waals surface area contributed by atoms with Crippen molar-refractivity contribution in [2.24, 2.45) is 0 Å². The SMILES string of the molecule is CCN1CCC(N(C)c2ncncc2I)CC1. The summed E-state index contributed by atoms with van der Waals surface area (Å²) in [7, 11) is 2.15. The Balaban J connectivity index is 2.02. The summed E-state index contributed by atoms with van der Waals surface area (Å²) in [4.78, 5) is 13.3. The van der Waals surface area contributed by atoms with Crippen LogP contribution in [-0.2, 0) is 0 Å². The van der Waals surface area contributed by atoms with E-state index in [0.29, 0.717) is 6.04 Å². The minimum absolute atomic E-state index is 0.612. The molecule has 2 heterocycles. The zero-order valence-corrected chi connectivity index (χ0v) is 12.6. The molecule has 1 saturated heterocycles. The zero-order chi connectivity index (χ0) is 12.3. The number of rotatable bonds is 3. The zero-order valence-electron chi connectivity index (χ0n) is 10.4. The third kappa shape index (κ3) is 3.07. The maximum atomic E-state index is 4.39. The highest BCUT2D eigenvalue weighted by molar-refractivity contribution is 14.1. The Kier molecular flexibility index (Phi) is 4.55. The molecule has 1 fully saturated rings. The molecule has 94 valence electrons. The van der Waals surface area contributed by atoms with Crippen LogP contribution < -0.4 is 4.90 Å². The van der Waals surface area contributed by atoms with Gasteiger partial charge in [0.15, 0.2) is 0 Å². The molecule has 0 atom stereocenters. The third-order valence-electron chi connectivity index (χ3n) is 3.53. The lowest BCUT2D eigenvalue weighted by Crippen LogP contribution is -2.43.